The highest BCUT2D eigenvalue weighted by molar-refractivity contribution is 9.10. The number of benzene rings is 2. The normalized spacial score (nSPS) is 10.2. The molecule has 1 heterocycles. The average Bonchev–Trinajstić information content (AvgIpc) is 2.64. The van der Waals surface area contributed by atoms with Crippen molar-refractivity contribution in [3.8, 4) is 0 Å². The molecule has 0 aliphatic heterocycles. The van der Waals surface area contributed by atoms with Gasteiger partial charge >= 0.3 is 0 Å². The number of hydrogen-bond donors (Lipinski definition) is 4. The molecule has 5 N–H and O–H groups in total. The van der Waals surface area contributed by atoms with Crippen LogP contribution in [-0.2, 0) is 0 Å². The van der Waals surface area contributed by atoms with Crippen molar-refractivity contribution in [3.05, 3.63) is 70.7 Å². The largest absolute Gasteiger partial charge is 0.393 e. The third-order valence-corrected chi connectivity index (χ3v) is 3.94. The highest BCUT2D eigenvalue weighted by Gasteiger charge is 2.11. The summed E-state index contributed by atoms with van der Waals surface area (Å²) < 4.78 is 14.6. The minimum Gasteiger partial charge on any atom is -0.393 e. The lowest BCUT2D eigenvalue weighted by atomic mass is 10.2. The van der Waals surface area contributed by atoms with Crippen LogP contribution in [0.25, 0.3) is 0 Å². The molecule has 7 nitrogen and oxygen atoms in total. The van der Waals surface area contributed by atoms with Gasteiger partial charge in [-0.15, -0.1) is 0 Å². The van der Waals surface area contributed by atoms with Crippen LogP contribution in [0.4, 0.5) is 27.4 Å². The molecule has 132 valence electrons. The van der Waals surface area contributed by atoms with Crippen molar-refractivity contribution in [3.63, 3.8) is 0 Å². The Morgan fingerprint density at radius 1 is 1.04 bits per heavy atom. The van der Waals surface area contributed by atoms with Crippen LogP contribution in [-0.4, -0.2) is 15.9 Å². The summed E-state index contributed by atoms with van der Waals surface area (Å²) in [6.07, 6.45) is 1.24. The van der Waals surface area contributed by atoms with Crippen molar-refractivity contribution in [2.75, 3.05) is 16.5 Å². The van der Waals surface area contributed by atoms with Crippen LogP contribution in [0.15, 0.2) is 59.3 Å². The van der Waals surface area contributed by atoms with Gasteiger partial charge in [-0.2, -0.15) is 0 Å². The molecule has 0 spiro atoms. The van der Waals surface area contributed by atoms with Gasteiger partial charge in [-0.1, -0.05) is 28.1 Å². The third-order valence-electron chi connectivity index (χ3n) is 3.41. The highest BCUT2D eigenvalue weighted by atomic mass is 79.9. The molecule has 0 bridgehead atoms. The molecule has 0 saturated heterocycles. The van der Waals surface area contributed by atoms with Gasteiger partial charge in [0.1, 0.15) is 17.8 Å². The second-order valence-corrected chi connectivity index (χ2v) is 6.09. The second kappa shape index (κ2) is 7.79. The number of para-hydroxylation sites is 1. The number of hydrazine groups is 1. The second-order valence-electron chi connectivity index (χ2n) is 5.18. The molecule has 1 amide bonds. The summed E-state index contributed by atoms with van der Waals surface area (Å²) in [7, 11) is 0. The molecule has 0 atom stereocenters. The molecule has 9 heteroatoms. The number of nitrogens with zero attached hydrogens (tertiary/aromatic N) is 2. The first-order chi connectivity index (χ1) is 12.5. The number of halogens is 2. The van der Waals surface area contributed by atoms with E-state index < -0.39 is 5.82 Å². The van der Waals surface area contributed by atoms with E-state index in [1.54, 1.807) is 42.5 Å². The van der Waals surface area contributed by atoms with Gasteiger partial charge < -0.3 is 11.1 Å². The van der Waals surface area contributed by atoms with Crippen molar-refractivity contribution in [2.24, 2.45) is 0 Å². The molecule has 0 saturated carbocycles. The summed E-state index contributed by atoms with van der Waals surface area (Å²) in [5, 5.41) is 2.80. The van der Waals surface area contributed by atoms with Gasteiger partial charge in [0.05, 0.1) is 5.69 Å². The van der Waals surface area contributed by atoms with Crippen molar-refractivity contribution < 1.29 is 9.18 Å². The molecule has 3 aromatic rings. The lowest BCUT2D eigenvalue weighted by Crippen LogP contribution is -2.30. The maximum absolute atomic E-state index is 13.8. The van der Waals surface area contributed by atoms with Gasteiger partial charge in [0.2, 0.25) is 0 Å². The fourth-order valence-electron chi connectivity index (χ4n) is 2.07. The highest BCUT2D eigenvalue weighted by Crippen LogP contribution is 2.26. The van der Waals surface area contributed by atoms with Gasteiger partial charge in [-0.05, 0) is 36.4 Å². The van der Waals surface area contributed by atoms with E-state index in [2.05, 4.69) is 42.1 Å². The minimum absolute atomic E-state index is 0.131. The van der Waals surface area contributed by atoms with Crippen LogP contribution in [0, 0.1) is 5.82 Å². The number of anilines is 4. The Bertz CT molecular complexity index is 935. The number of carbonyl (C=O) groups is 1. The number of nitrogens with one attached hydrogen (secondary N) is 3. The van der Waals surface area contributed by atoms with E-state index in [1.165, 1.54) is 12.4 Å². The zero-order chi connectivity index (χ0) is 18.5. The van der Waals surface area contributed by atoms with Gasteiger partial charge in [0, 0.05) is 10.0 Å². The number of nitrogens with two attached hydrogens (primary N) is 1. The summed E-state index contributed by atoms with van der Waals surface area (Å²) in [4.78, 5) is 20.1. The molecule has 1 aromatic heterocycles. The summed E-state index contributed by atoms with van der Waals surface area (Å²) in [5.41, 5.74) is 12.0. The Kier molecular flexibility index (Phi) is 5.28. The average molecular weight is 417 g/mol. The zero-order valence-electron chi connectivity index (χ0n) is 13.3. The maximum Gasteiger partial charge on any atom is 0.269 e. The first-order valence-corrected chi connectivity index (χ1v) is 8.28. The van der Waals surface area contributed by atoms with Crippen LogP contribution in [0.3, 0.4) is 0 Å². The minimum atomic E-state index is -0.441. The fraction of sp³-hybridized carbons (Fsp3) is 0. The number of amides is 1. The molecule has 0 radical (unpaired) electrons. The molecule has 0 aliphatic rings. The van der Waals surface area contributed by atoms with Gasteiger partial charge in [-0.25, -0.2) is 14.4 Å². The molecular formula is C17H14BrFN6O. The van der Waals surface area contributed by atoms with E-state index in [0.29, 0.717) is 5.56 Å². The predicted octanol–water partition coefficient (Wildman–Crippen LogP) is 3.46. The van der Waals surface area contributed by atoms with E-state index >= 15 is 0 Å². The first-order valence-electron chi connectivity index (χ1n) is 7.48. The summed E-state index contributed by atoms with van der Waals surface area (Å²) in [5.74, 6) is -0.405. The monoisotopic (exact) mass is 416 g/mol. The van der Waals surface area contributed by atoms with E-state index in [9.17, 15) is 9.18 Å². The van der Waals surface area contributed by atoms with Gasteiger partial charge in [0.25, 0.3) is 5.91 Å². The Morgan fingerprint density at radius 2 is 1.73 bits per heavy atom. The van der Waals surface area contributed by atoms with Crippen molar-refractivity contribution >= 4 is 44.8 Å². The van der Waals surface area contributed by atoms with Crippen molar-refractivity contribution in [1.29, 1.82) is 0 Å². The Hall–Kier alpha value is -3.20. The van der Waals surface area contributed by atoms with E-state index in [-0.39, 0.29) is 28.9 Å². The van der Waals surface area contributed by atoms with E-state index in [1.807, 2.05) is 0 Å². The Labute approximate surface area is 157 Å². The molecule has 3 rings (SSSR count). The topological polar surface area (TPSA) is 105 Å². The first kappa shape index (κ1) is 17.6. The van der Waals surface area contributed by atoms with Crippen LogP contribution >= 0.6 is 15.9 Å². The number of rotatable bonds is 5. The van der Waals surface area contributed by atoms with Crippen LogP contribution in [0.5, 0.6) is 0 Å². The number of aromatic nitrogens is 2. The maximum atomic E-state index is 13.8. The molecule has 0 unspecified atom stereocenters. The fourth-order valence-corrected chi connectivity index (χ4v) is 2.34. The van der Waals surface area contributed by atoms with Gasteiger partial charge in [-0.3, -0.25) is 15.6 Å². The predicted molar refractivity (Wildman–Crippen MR) is 101 cm³/mol. The summed E-state index contributed by atoms with van der Waals surface area (Å²) in [6.45, 7) is 0. The summed E-state index contributed by atoms with van der Waals surface area (Å²) >= 11 is 3.31. The SMILES string of the molecule is Nc1c(NNC(=O)c2ccc(Br)cc2)ncnc1Nc1ccccc1F. The van der Waals surface area contributed by atoms with Crippen molar-refractivity contribution in [2.45, 2.75) is 0 Å². The van der Waals surface area contributed by atoms with Gasteiger partial charge in [0.15, 0.2) is 11.6 Å². The van der Waals surface area contributed by atoms with Crippen LogP contribution < -0.4 is 21.9 Å². The summed E-state index contributed by atoms with van der Waals surface area (Å²) in [6, 6.07) is 13.0. The number of hydrogen-bond acceptors (Lipinski definition) is 6. The lowest BCUT2D eigenvalue weighted by Gasteiger charge is -2.13. The molecule has 0 fully saturated rings. The zero-order valence-corrected chi connectivity index (χ0v) is 14.9. The van der Waals surface area contributed by atoms with Crippen molar-refractivity contribution in [1.82, 2.24) is 15.4 Å². The van der Waals surface area contributed by atoms with E-state index in [4.69, 9.17) is 5.73 Å². The molecule has 0 aliphatic carbocycles. The molecule has 2 aromatic carbocycles. The van der Waals surface area contributed by atoms with Crippen LogP contribution in [0.1, 0.15) is 10.4 Å². The molecular weight excluding hydrogens is 403 g/mol. The standard InChI is InChI=1S/C17H14BrFN6O/c18-11-7-5-10(6-8-11)17(26)25-24-16-14(20)15(21-9-22-16)23-13-4-2-1-3-12(13)19/h1-9H,20H2,(H,25,26)(H2,21,22,23,24). The number of carbonyl (C=O) groups excluding carboxylic acids is 1. The van der Waals surface area contributed by atoms with Crippen LogP contribution in [0.2, 0.25) is 0 Å². The third kappa shape index (κ3) is 4.06. The Morgan fingerprint density at radius 3 is 2.46 bits per heavy atom. The number of nitrogen functional groups attached to an aromatic ring is 1. The molecule has 26 heavy (non-hydrogen) atoms. The Balaban J connectivity index is 1.72. The smallest absolute Gasteiger partial charge is 0.269 e. The van der Waals surface area contributed by atoms with E-state index in [0.717, 1.165) is 4.47 Å². The quantitative estimate of drug-likeness (QED) is 0.474. The lowest BCUT2D eigenvalue weighted by molar-refractivity contribution is 0.0962.